The minimum atomic E-state index is -0.644. The second kappa shape index (κ2) is 4.38. The molecule has 2 aromatic rings. The smallest absolute Gasteiger partial charge is 0.0794 e. The summed E-state index contributed by atoms with van der Waals surface area (Å²) in [5.74, 6) is 0. The zero-order valence-corrected chi connectivity index (χ0v) is 11.1. The van der Waals surface area contributed by atoms with Gasteiger partial charge in [-0.05, 0) is 25.8 Å². The molecular weight excluding hydrogens is 238 g/mol. The van der Waals surface area contributed by atoms with E-state index in [9.17, 15) is 5.11 Å². The Morgan fingerprint density at radius 3 is 2.95 bits per heavy atom. The number of piperidine rings is 1. The summed E-state index contributed by atoms with van der Waals surface area (Å²) in [6.45, 7) is 3.43. The van der Waals surface area contributed by atoms with E-state index in [1.165, 1.54) is 0 Å². The predicted molar refractivity (Wildman–Crippen MR) is 78.2 cm³/mol. The summed E-state index contributed by atoms with van der Waals surface area (Å²) >= 11 is 0. The highest BCUT2D eigenvalue weighted by Crippen LogP contribution is 2.34. The van der Waals surface area contributed by atoms with Gasteiger partial charge in [-0.1, -0.05) is 18.2 Å². The SMILES string of the molecule is CC1(O)CCCN(c2c(N)cnc3ccccc23)C1. The first kappa shape index (κ1) is 12.2. The Hall–Kier alpha value is -1.81. The Labute approximate surface area is 112 Å². The van der Waals surface area contributed by atoms with Gasteiger partial charge in [0.1, 0.15) is 0 Å². The Bertz CT molecular complexity index is 609. The molecule has 1 aromatic heterocycles. The quantitative estimate of drug-likeness (QED) is 0.822. The first-order valence-electron chi connectivity index (χ1n) is 6.67. The van der Waals surface area contributed by atoms with Gasteiger partial charge in [0.05, 0.1) is 28.7 Å². The summed E-state index contributed by atoms with van der Waals surface area (Å²) in [7, 11) is 0. The molecule has 3 N–H and O–H groups in total. The van der Waals surface area contributed by atoms with Gasteiger partial charge in [0, 0.05) is 18.5 Å². The highest BCUT2D eigenvalue weighted by molar-refractivity contribution is 5.97. The topological polar surface area (TPSA) is 62.4 Å². The number of benzene rings is 1. The van der Waals surface area contributed by atoms with E-state index in [1.54, 1.807) is 6.20 Å². The summed E-state index contributed by atoms with van der Waals surface area (Å²) in [4.78, 5) is 6.54. The van der Waals surface area contributed by atoms with Crippen molar-refractivity contribution in [1.82, 2.24) is 4.98 Å². The number of β-amino-alcohol motifs (C(OH)–C–C–N with tert-alkyl or cyclic N) is 1. The Morgan fingerprint density at radius 2 is 2.16 bits per heavy atom. The molecule has 1 aliphatic heterocycles. The van der Waals surface area contributed by atoms with Crippen molar-refractivity contribution in [2.24, 2.45) is 0 Å². The summed E-state index contributed by atoms with van der Waals surface area (Å²) in [6, 6.07) is 7.99. The number of rotatable bonds is 1. The summed E-state index contributed by atoms with van der Waals surface area (Å²) < 4.78 is 0. The van der Waals surface area contributed by atoms with Crippen LogP contribution in [-0.4, -0.2) is 28.8 Å². The van der Waals surface area contributed by atoms with Crippen molar-refractivity contribution < 1.29 is 5.11 Å². The van der Waals surface area contributed by atoms with Crippen molar-refractivity contribution >= 4 is 22.3 Å². The maximum absolute atomic E-state index is 10.3. The predicted octanol–water partition coefficient (Wildman–Crippen LogP) is 2.17. The lowest BCUT2D eigenvalue weighted by Crippen LogP contribution is -2.46. The van der Waals surface area contributed by atoms with Crippen LogP contribution in [0.15, 0.2) is 30.5 Å². The van der Waals surface area contributed by atoms with Crippen LogP contribution in [0.1, 0.15) is 19.8 Å². The highest BCUT2D eigenvalue weighted by Gasteiger charge is 2.30. The molecule has 3 rings (SSSR count). The molecule has 0 aliphatic carbocycles. The van der Waals surface area contributed by atoms with Gasteiger partial charge in [-0.15, -0.1) is 0 Å². The second-order valence-electron chi connectivity index (χ2n) is 5.60. The molecule has 1 atom stereocenters. The van der Waals surface area contributed by atoms with Gasteiger partial charge < -0.3 is 15.7 Å². The standard InChI is InChI=1S/C15H19N3O/c1-15(19)7-4-8-18(10-15)14-11-5-2-3-6-13(11)17-9-12(14)16/h2-3,5-6,9,19H,4,7-8,10,16H2,1H3. The molecule has 1 fully saturated rings. The zero-order chi connectivity index (χ0) is 13.5. The number of nitrogens with zero attached hydrogens (tertiary/aromatic N) is 2. The molecule has 1 aromatic carbocycles. The van der Waals surface area contributed by atoms with E-state index in [0.29, 0.717) is 12.2 Å². The number of hydrogen-bond donors (Lipinski definition) is 2. The number of fused-ring (bicyclic) bond motifs is 1. The van der Waals surface area contributed by atoms with Crippen molar-refractivity contribution in [1.29, 1.82) is 0 Å². The Morgan fingerprint density at radius 1 is 1.37 bits per heavy atom. The van der Waals surface area contributed by atoms with Crippen molar-refractivity contribution in [2.45, 2.75) is 25.4 Å². The molecule has 4 nitrogen and oxygen atoms in total. The monoisotopic (exact) mass is 257 g/mol. The van der Waals surface area contributed by atoms with E-state index >= 15 is 0 Å². The van der Waals surface area contributed by atoms with E-state index in [2.05, 4.69) is 9.88 Å². The average Bonchev–Trinajstić information content (AvgIpc) is 2.37. The van der Waals surface area contributed by atoms with Crippen LogP contribution in [0, 0.1) is 0 Å². The highest BCUT2D eigenvalue weighted by atomic mass is 16.3. The second-order valence-corrected chi connectivity index (χ2v) is 5.60. The third-order valence-corrected chi connectivity index (χ3v) is 3.77. The number of hydrogen-bond acceptors (Lipinski definition) is 4. The fourth-order valence-corrected chi connectivity index (χ4v) is 2.91. The van der Waals surface area contributed by atoms with Gasteiger partial charge in [-0.25, -0.2) is 0 Å². The summed E-state index contributed by atoms with van der Waals surface area (Å²) in [5.41, 5.74) is 8.10. The lowest BCUT2D eigenvalue weighted by Gasteiger charge is -2.39. The fourth-order valence-electron chi connectivity index (χ4n) is 2.91. The normalized spacial score (nSPS) is 23.8. The first-order chi connectivity index (χ1) is 9.07. The molecule has 1 unspecified atom stereocenters. The number of aromatic nitrogens is 1. The van der Waals surface area contributed by atoms with E-state index in [-0.39, 0.29) is 0 Å². The first-order valence-corrected chi connectivity index (χ1v) is 6.67. The molecule has 100 valence electrons. The molecule has 0 bridgehead atoms. The number of para-hydroxylation sites is 1. The molecule has 0 spiro atoms. The van der Waals surface area contributed by atoms with Crippen molar-refractivity contribution in [3.05, 3.63) is 30.5 Å². The third-order valence-electron chi connectivity index (χ3n) is 3.77. The van der Waals surface area contributed by atoms with Crippen molar-refractivity contribution in [2.75, 3.05) is 23.7 Å². The zero-order valence-electron chi connectivity index (χ0n) is 11.1. The van der Waals surface area contributed by atoms with Gasteiger partial charge in [-0.2, -0.15) is 0 Å². The number of anilines is 2. The minimum absolute atomic E-state index is 0.616. The van der Waals surface area contributed by atoms with Gasteiger partial charge in [0.2, 0.25) is 0 Å². The number of nitrogens with two attached hydrogens (primary N) is 1. The van der Waals surface area contributed by atoms with Crippen LogP contribution in [0.5, 0.6) is 0 Å². The minimum Gasteiger partial charge on any atom is -0.396 e. The van der Waals surface area contributed by atoms with E-state index in [4.69, 9.17) is 5.73 Å². The number of aliphatic hydroxyl groups is 1. The molecular formula is C15H19N3O. The van der Waals surface area contributed by atoms with Crippen molar-refractivity contribution in [3.8, 4) is 0 Å². The van der Waals surface area contributed by atoms with Crippen LogP contribution in [0.4, 0.5) is 11.4 Å². The van der Waals surface area contributed by atoms with Crippen LogP contribution < -0.4 is 10.6 Å². The number of pyridine rings is 1. The fraction of sp³-hybridized carbons (Fsp3) is 0.400. The lowest BCUT2D eigenvalue weighted by atomic mass is 9.94. The van der Waals surface area contributed by atoms with E-state index in [1.807, 2.05) is 31.2 Å². The average molecular weight is 257 g/mol. The van der Waals surface area contributed by atoms with E-state index in [0.717, 1.165) is 36.0 Å². The van der Waals surface area contributed by atoms with Crippen LogP contribution in [0.2, 0.25) is 0 Å². The van der Waals surface area contributed by atoms with Gasteiger partial charge >= 0.3 is 0 Å². The Kier molecular flexibility index (Phi) is 2.82. The summed E-state index contributed by atoms with van der Waals surface area (Å²) in [6.07, 6.45) is 3.52. The number of nitrogen functional groups attached to an aromatic ring is 1. The van der Waals surface area contributed by atoms with Crippen LogP contribution in [-0.2, 0) is 0 Å². The summed E-state index contributed by atoms with van der Waals surface area (Å²) in [5, 5.41) is 11.3. The molecule has 0 amide bonds. The van der Waals surface area contributed by atoms with Crippen LogP contribution in [0.25, 0.3) is 10.9 Å². The van der Waals surface area contributed by atoms with E-state index < -0.39 is 5.60 Å². The molecule has 0 saturated carbocycles. The molecule has 4 heteroatoms. The maximum Gasteiger partial charge on any atom is 0.0794 e. The van der Waals surface area contributed by atoms with Crippen molar-refractivity contribution in [3.63, 3.8) is 0 Å². The molecule has 0 radical (unpaired) electrons. The maximum atomic E-state index is 10.3. The van der Waals surface area contributed by atoms with Gasteiger partial charge in [-0.3, -0.25) is 4.98 Å². The molecule has 1 aliphatic rings. The molecule has 1 saturated heterocycles. The lowest BCUT2D eigenvalue weighted by molar-refractivity contribution is 0.0450. The van der Waals surface area contributed by atoms with Gasteiger partial charge in [0.15, 0.2) is 0 Å². The molecule has 19 heavy (non-hydrogen) atoms. The Balaban J connectivity index is 2.11. The third kappa shape index (κ3) is 2.24. The molecule has 2 heterocycles. The van der Waals surface area contributed by atoms with Crippen LogP contribution >= 0.6 is 0 Å². The largest absolute Gasteiger partial charge is 0.396 e. The van der Waals surface area contributed by atoms with Gasteiger partial charge in [0.25, 0.3) is 0 Å². The van der Waals surface area contributed by atoms with Crippen LogP contribution in [0.3, 0.4) is 0 Å².